The van der Waals surface area contributed by atoms with Gasteiger partial charge in [-0.15, -0.1) is 11.3 Å². The zero-order valence-electron chi connectivity index (χ0n) is 44.3. The number of halogens is 2. The van der Waals surface area contributed by atoms with E-state index < -0.39 is 83.9 Å². The first-order valence-electron chi connectivity index (χ1n) is 26.7. The van der Waals surface area contributed by atoms with Crippen LogP contribution in [0.1, 0.15) is 151 Å². The second kappa shape index (κ2) is 24.8. The zero-order valence-corrected chi connectivity index (χ0v) is 46.0. The highest BCUT2D eigenvalue weighted by Gasteiger charge is 2.51. The molecule has 8 rings (SSSR count). The molecule has 2 unspecified atom stereocenters. The number of thiophene rings is 1. The highest BCUT2D eigenvalue weighted by Crippen LogP contribution is 2.59. The largest absolute Gasteiger partial charge is 0.399 e. The summed E-state index contributed by atoms with van der Waals surface area (Å²) in [6.07, 6.45) is 6.89. The molecule has 22 heteroatoms. The maximum Gasteiger partial charge on any atom is 0.399 e. The van der Waals surface area contributed by atoms with Gasteiger partial charge in [0.2, 0.25) is 29.5 Å². The third-order valence-corrected chi connectivity index (χ3v) is 17.0. The third-order valence-electron chi connectivity index (χ3n) is 14.9. The van der Waals surface area contributed by atoms with Gasteiger partial charge >= 0.3 is 13.3 Å². The lowest BCUT2D eigenvalue weighted by Gasteiger charge is -2.38. The third kappa shape index (κ3) is 13.5. The van der Waals surface area contributed by atoms with E-state index in [1.807, 2.05) is 30.3 Å². The minimum atomic E-state index is -5.85. The Labute approximate surface area is 460 Å². The monoisotopic (exact) mass is 1130 g/mol. The second-order valence-electron chi connectivity index (χ2n) is 21.6. The number of nitrogens with one attached hydrogen (secondary N) is 3. The van der Waals surface area contributed by atoms with Crippen molar-refractivity contribution >= 4 is 76.3 Å². The molecule has 4 aliphatic heterocycles. The molecule has 420 valence electrons. The van der Waals surface area contributed by atoms with E-state index in [9.17, 15) is 61.5 Å². The lowest BCUT2D eigenvalue weighted by molar-refractivity contribution is -0.147. The van der Waals surface area contributed by atoms with Gasteiger partial charge in [0.15, 0.2) is 0 Å². The van der Waals surface area contributed by atoms with E-state index in [0.29, 0.717) is 36.3 Å². The number of amides is 8. The summed E-state index contributed by atoms with van der Waals surface area (Å²) in [7, 11) is -5.85. The van der Waals surface area contributed by atoms with Gasteiger partial charge in [-0.25, -0.2) is 0 Å². The number of hydrogen-bond donors (Lipinski definition) is 5. The summed E-state index contributed by atoms with van der Waals surface area (Å²) in [5, 5.41) is 8.07. The number of benzene rings is 3. The summed E-state index contributed by atoms with van der Waals surface area (Å²) in [5.41, 5.74) is -4.41. The summed E-state index contributed by atoms with van der Waals surface area (Å²) in [4.78, 5) is 130. The molecule has 0 saturated carbocycles. The van der Waals surface area contributed by atoms with Crippen LogP contribution < -0.4 is 16.0 Å². The lowest BCUT2D eigenvalue weighted by atomic mass is 9.85. The van der Waals surface area contributed by atoms with Crippen molar-refractivity contribution < 1.29 is 66.2 Å². The molecule has 3 fully saturated rings. The molecule has 0 bridgehead atoms. The molecule has 4 aromatic rings. The molecule has 8 amide bonds. The van der Waals surface area contributed by atoms with Crippen LogP contribution in [0.2, 0.25) is 0 Å². The van der Waals surface area contributed by atoms with E-state index in [-0.39, 0.29) is 71.5 Å². The Hall–Kier alpha value is -6.69. The zero-order chi connectivity index (χ0) is 56.8. The molecule has 79 heavy (non-hydrogen) atoms. The van der Waals surface area contributed by atoms with Crippen LogP contribution in [-0.2, 0) is 38.9 Å². The van der Waals surface area contributed by atoms with Crippen LogP contribution in [0.15, 0.2) is 72.8 Å². The van der Waals surface area contributed by atoms with Crippen LogP contribution in [0.5, 0.6) is 0 Å². The first-order valence-corrected chi connectivity index (χ1v) is 29.1. The molecule has 18 nitrogen and oxygen atoms in total. The van der Waals surface area contributed by atoms with Gasteiger partial charge in [0.25, 0.3) is 17.7 Å². The normalized spacial score (nSPS) is 20.2. The molecule has 4 aliphatic rings. The summed E-state index contributed by atoms with van der Waals surface area (Å²) >= 11 is 0.953. The summed E-state index contributed by atoms with van der Waals surface area (Å²) in [6.45, 7) is 6.27. The number of unbranched alkanes of at least 4 members (excludes halogenated alkanes) is 6. The highest BCUT2D eigenvalue weighted by atomic mass is 32.1. The fraction of sp³-hybridized carbons (Fsp3) is 0.474. The van der Waals surface area contributed by atoms with Gasteiger partial charge < -0.3 is 35.0 Å². The number of ether oxygens (including phenoxy) is 1. The molecule has 3 aromatic carbocycles. The number of imide groups is 2. The SMILES string of the molecule is CC(C)(C)C(NC(=O)c1cc2cc(C(F)(F)P(=O)(O)O)ccc2s1)C(=O)N1C[C@@H](OCC(=O)NCCCCCCCCC#Cc2cccc3c2C(=O)N(C2CCC(=O)NC2=O)C3=O)C[C@H]1C(=O)N1CCC[C@H](c2ccccc2)C1. The number of carbonyl (C=O) groups is 8. The van der Waals surface area contributed by atoms with Gasteiger partial charge in [0, 0.05) is 67.2 Å². The Kier molecular flexibility index (Phi) is 18.3. The number of fused-ring (bicyclic) bond motifs is 2. The molecule has 3 saturated heterocycles. The number of nitrogens with zero attached hydrogens (tertiary/aromatic N) is 3. The van der Waals surface area contributed by atoms with Crippen LogP contribution in [0.25, 0.3) is 10.1 Å². The van der Waals surface area contributed by atoms with Crippen molar-refractivity contribution in [3.63, 3.8) is 0 Å². The Morgan fingerprint density at radius 1 is 0.899 bits per heavy atom. The van der Waals surface area contributed by atoms with Gasteiger partial charge in [0.1, 0.15) is 24.7 Å². The predicted octanol–water partition coefficient (Wildman–Crippen LogP) is 6.96. The van der Waals surface area contributed by atoms with Crippen molar-refractivity contribution in [2.75, 3.05) is 32.8 Å². The number of piperidine rings is 2. The molecule has 0 spiro atoms. The number of carbonyl (C=O) groups excluding carboxylic acids is 8. The number of alkyl halides is 2. The maximum absolute atomic E-state index is 14.8. The maximum atomic E-state index is 14.8. The van der Waals surface area contributed by atoms with Crippen LogP contribution in [0.4, 0.5) is 8.78 Å². The van der Waals surface area contributed by atoms with Crippen LogP contribution in [0, 0.1) is 17.3 Å². The average molecular weight is 1130 g/mol. The van der Waals surface area contributed by atoms with Crippen molar-refractivity contribution in [2.45, 2.75) is 134 Å². The van der Waals surface area contributed by atoms with Gasteiger partial charge in [-0.2, -0.15) is 8.78 Å². The first-order chi connectivity index (χ1) is 37.5. The predicted molar refractivity (Wildman–Crippen MR) is 289 cm³/mol. The van der Waals surface area contributed by atoms with E-state index >= 15 is 0 Å². The smallest absolute Gasteiger partial charge is 0.366 e. The van der Waals surface area contributed by atoms with Crippen molar-refractivity contribution in [1.29, 1.82) is 0 Å². The highest BCUT2D eigenvalue weighted by molar-refractivity contribution is 7.52. The number of rotatable bonds is 19. The van der Waals surface area contributed by atoms with E-state index in [1.165, 1.54) is 23.1 Å². The number of hydrogen-bond acceptors (Lipinski definition) is 11. The van der Waals surface area contributed by atoms with Gasteiger partial charge in [-0.05, 0) is 78.8 Å². The lowest BCUT2D eigenvalue weighted by Crippen LogP contribution is -2.58. The van der Waals surface area contributed by atoms with Crippen LogP contribution in [-0.4, -0.2) is 129 Å². The molecule has 5 atom stereocenters. The fourth-order valence-electron chi connectivity index (χ4n) is 10.6. The van der Waals surface area contributed by atoms with Crippen molar-refractivity contribution in [3.8, 4) is 11.8 Å². The molecule has 5 heterocycles. The Balaban J connectivity index is 0.820. The molecule has 0 radical (unpaired) electrons. The minimum absolute atomic E-state index is 0.0319. The fourth-order valence-corrected chi connectivity index (χ4v) is 12.0. The van der Waals surface area contributed by atoms with Gasteiger partial charge in [-0.1, -0.05) is 101 Å². The molecule has 0 aliphatic carbocycles. The quantitative estimate of drug-likeness (QED) is 0.0277. The Bertz CT molecular complexity index is 3130. The molecule has 1 aromatic heterocycles. The van der Waals surface area contributed by atoms with Crippen molar-refractivity contribution in [1.82, 2.24) is 30.7 Å². The van der Waals surface area contributed by atoms with Crippen molar-refractivity contribution in [3.05, 3.63) is 105 Å². The first kappa shape index (κ1) is 58.5. The van der Waals surface area contributed by atoms with E-state index in [0.717, 1.165) is 85.3 Å². The van der Waals surface area contributed by atoms with Crippen LogP contribution >= 0.6 is 18.9 Å². The van der Waals surface area contributed by atoms with Gasteiger partial charge in [0.05, 0.1) is 22.1 Å². The van der Waals surface area contributed by atoms with Gasteiger partial charge in [-0.3, -0.25) is 53.1 Å². The van der Waals surface area contributed by atoms with E-state index in [4.69, 9.17) is 4.74 Å². The molecule has 5 N–H and O–H groups in total. The summed E-state index contributed by atoms with van der Waals surface area (Å²) < 4.78 is 47.3. The van der Waals surface area contributed by atoms with E-state index in [1.54, 1.807) is 37.8 Å². The summed E-state index contributed by atoms with van der Waals surface area (Å²) in [5.74, 6) is 2.07. The van der Waals surface area contributed by atoms with Crippen LogP contribution in [0.3, 0.4) is 0 Å². The average Bonchev–Trinajstić information content (AvgIpc) is 4.34. The Morgan fingerprint density at radius 3 is 2.35 bits per heavy atom. The molecular weight excluding hydrogens is 1060 g/mol. The standard InChI is InChI=1S/C57H65F2N6O12PS/c1-56(2,3)49(62-51(69)45-30-38-29-39(23-25-44(38)79-45)57(58,59)78(74,75)76)55(73)64-33-40(31-43(64)53(71)63-28-16-21-37(32-63)35-17-12-10-13-18-35)77-34-47(67)60-27-14-9-7-5-4-6-8-11-19-36-20-15-22-41-48(36)54(72)65(52(41)70)42-24-26-46(66)61-50(42)68/h10,12-13,15,17-18,20,22-23,25,29-30,37,40,42-43,49H,4-9,14,16,21,24,26-28,31-34H2,1-3H3,(H,60,67)(H,62,69)(H,61,66,68)(H2,74,75,76)/t37-,40-,42?,43-,49?/m0/s1. The van der Waals surface area contributed by atoms with E-state index in [2.05, 4.69) is 27.8 Å². The summed E-state index contributed by atoms with van der Waals surface area (Å²) in [6, 6.07) is 15.9. The van der Waals surface area contributed by atoms with Crippen molar-refractivity contribution in [2.24, 2.45) is 5.41 Å². The second-order valence-corrected chi connectivity index (χ2v) is 24.4. The topological polar surface area (TPSA) is 249 Å². The molecular formula is C57H65F2N6O12PS. The minimum Gasteiger partial charge on any atom is -0.366 e. The Morgan fingerprint density at radius 2 is 1.63 bits per heavy atom. The number of likely N-dealkylation sites (tertiary alicyclic amines) is 2.